The van der Waals surface area contributed by atoms with Gasteiger partial charge in [-0.25, -0.2) is 0 Å². The molecule has 0 aromatic rings. The van der Waals surface area contributed by atoms with Crippen molar-refractivity contribution in [3.63, 3.8) is 0 Å². The van der Waals surface area contributed by atoms with E-state index in [0.29, 0.717) is 31.0 Å². The molecule has 5 aliphatic rings. The van der Waals surface area contributed by atoms with Crippen molar-refractivity contribution in [2.75, 3.05) is 7.11 Å². The molecule has 5 nitrogen and oxygen atoms in total. The molecule has 0 amide bonds. The minimum atomic E-state index is -0.377. The van der Waals surface area contributed by atoms with E-state index >= 15 is 0 Å². The van der Waals surface area contributed by atoms with Gasteiger partial charge < -0.3 is 9.47 Å². The Kier molecular flexibility index (Phi) is 4.12. The number of rotatable bonds is 1. The second-order valence-corrected chi connectivity index (χ2v) is 10.6. The molecule has 1 aliphatic heterocycles. The molecule has 7 atom stereocenters. The molecule has 1 heterocycles. The highest BCUT2D eigenvalue weighted by molar-refractivity contribution is 5.81. The second kappa shape index (κ2) is 6.18. The minimum absolute atomic E-state index is 0.00741. The van der Waals surface area contributed by atoms with E-state index < -0.39 is 0 Å². The Hall–Kier alpha value is -1.65. The maximum Gasteiger partial charge on any atom is 0.309 e. The van der Waals surface area contributed by atoms with Crippen LogP contribution in [0.4, 0.5) is 0 Å². The molecular formula is C24H32O5. The first-order chi connectivity index (χ1) is 13.7. The van der Waals surface area contributed by atoms with Crippen molar-refractivity contribution in [2.45, 2.75) is 77.2 Å². The lowest BCUT2D eigenvalue weighted by molar-refractivity contribution is -0.165. The fourth-order valence-electron chi connectivity index (χ4n) is 8.01. The monoisotopic (exact) mass is 400 g/mol. The number of Topliss-reactive ketones (excluding diaryl/α,β-unsaturated/α-hetero) is 1. The van der Waals surface area contributed by atoms with Crippen LogP contribution in [-0.2, 0) is 23.9 Å². The highest BCUT2D eigenvalue weighted by Crippen LogP contribution is 2.69. The molecule has 29 heavy (non-hydrogen) atoms. The Bertz CT molecular complexity index is 814. The number of ether oxygens (including phenoxy) is 2. The zero-order valence-electron chi connectivity index (χ0n) is 17.8. The van der Waals surface area contributed by atoms with Crippen molar-refractivity contribution < 1.29 is 23.9 Å². The number of fused-ring (bicyclic) bond motifs is 6. The Morgan fingerprint density at radius 1 is 1.17 bits per heavy atom. The van der Waals surface area contributed by atoms with Gasteiger partial charge in [-0.05, 0) is 61.7 Å². The molecule has 1 saturated heterocycles. The second-order valence-electron chi connectivity index (χ2n) is 10.6. The normalized spacial score (nSPS) is 48.4. The number of hydrogen-bond acceptors (Lipinski definition) is 5. The van der Waals surface area contributed by atoms with E-state index in [4.69, 9.17) is 9.47 Å². The number of carbonyl (C=O) groups excluding carboxylic acids is 3. The summed E-state index contributed by atoms with van der Waals surface area (Å²) in [6.07, 6.45) is 9.29. The summed E-state index contributed by atoms with van der Waals surface area (Å²) in [6, 6.07) is 0. The summed E-state index contributed by atoms with van der Waals surface area (Å²) >= 11 is 0. The van der Waals surface area contributed by atoms with Gasteiger partial charge in [-0.2, -0.15) is 0 Å². The molecule has 1 unspecified atom stereocenters. The molecule has 4 aliphatic carbocycles. The molecule has 3 saturated carbocycles. The van der Waals surface area contributed by atoms with E-state index in [1.54, 1.807) is 0 Å². The van der Waals surface area contributed by atoms with Crippen LogP contribution in [0.3, 0.4) is 0 Å². The summed E-state index contributed by atoms with van der Waals surface area (Å²) in [7, 11) is 1.47. The Balaban J connectivity index is 1.60. The summed E-state index contributed by atoms with van der Waals surface area (Å²) in [5.41, 5.74) is 0.873. The Morgan fingerprint density at radius 2 is 1.97 bits per heavy atom. The molecule has 0 aromatic heterocycles. The number of allylic oxidation sites excluding steroid dienone is 2. The molecular weight excluding hydrogens is 368 g/mol. The van der Waals surface area contributed by atoms with Gasteiger partial charge >= 0.3 is 11.9 Å². The lowest BCUT2D eigenvalue weighted by Gasteiger charge is -2.58. The number of ketones is 1. The fourth-order valence-corrected chi connectivity index (χ4v) is 8.01. The predicted octanol–water partition coefficient (Wildman–Crippen LogP) is 3.99. The van der Waals surface area contributed by atoms with Crippen molar-refractivity contribution in [2.24, 2.45) is 34.5 Å². The third-order valence-corrected chi connectivity index (χ3v) is 9.73. The lowest BCUT2D eigenvalue weighted by Crippen LogP contribution is -2.55. The number of esters is 2. The van der Waals surface area contributed by atoms with Crippen molar-refractivity contribution >= 4 is 17.7 Å². The van der Waals surface area contributed by atoms with E-state index in [2.05, 4.69) is 19.9 Å². The molecule has 158 valence electrons. The van der Waals surface area contributed by atoms with Gasteiger partial charge in [0, 0.05) is 24.7 Å². The zero-order chi connectivity index (χ0) is 20.6. The number of carbonyl (C=O) groups is 3. The van der Waals surface area contributed by atoms with E-state index in [1.165, 1.54) is 12.7 Å². The molecule has 4 fully saturated rings. The van der Waals surface area contributed by atoms with E-state index in [9.17, 15) is 14.4 Å². The SMILES string of the molecule is COC(=O)[C@@H]1CC2CC(=O)CC[C@]2(C)C2=CC[C@@]3(C)[C@@H](CC[C@@]34CCC(=O)O4)[C@@H]21. The van der Waals surface area contributed by atoms with Crippen LogP contribution in [0.2, 0.25) is 0 Å². The predicted molar refractivity (Wildman–Crippen MR) is 106 cm³/mol. The van der Waals surface area contributed by atoms with Crippen LogP contribution in [0.25, 0.3) is 0 Å². The van der Waals surface area contributed by atoms with Crippen LogP contribution in [-0.4, -0.2) is 30.4 Å². The molecule has 0 aromatic carbocycles. The van der Waals surface area contributed by atoms with Gasteiger partial charge in [0.25, 0.3) is 0 Å². The van der Waals surface area contributed by atoms with E-state index in [1.807, 2.05) is 0 Å². The summed E-state index contributed by atoms with van der Waals surface area (Å²) in [6.45, 7) is 4.60. The fraction of sp³-hybridized carbons (Fsp3) is 0.792. The van der Waals surface area contributed by atoms with Crippen molar-refractivity contribution in [3.05, 3.63) is 11.6 Å². The van der Waals surface area contributed by atoms with Crippen LogP contribution >= 0.6 is 0 Å². The van der Waals surface area contributed by atoms with Crippen LogP contribution in [0.15, 0.2) is 11.6 Å². The zero-order valence-corrected chi connectivity index (χ0v) is 17.8. The summed E-state index contributed by atoms with van der Waals surface area (Å²) in [5, 5.41) is 0. The molecule has 5 heteroatoms. The molecule has 5 rings (SSSR count). The van der Waals surface area contributed by atoms with Crippen molar-refractivity contribution in [1.82, 2.24) is 0 Å². The third-order valence-electron chi connectivity index (χ3n) is 9.73. The topological polar surface area (TPSA) is 69.7 Å². The maximum atomic E-state index is 12.9. The first-order valence-corrected chi connectivity index (χ1v) is 11.3. The van der Waals surface area contributed by atoms with Crippen LogP contribution in [0, 0.1) is 34.5 Å². The maximum absolute atomic E-state index is 12.9. The van der Waals surface area contributed by atoms with Gasteiger partial charge in [-0.15, -0.1) is 0 Å². The summed E-state index contributed by atoms with van der Waals surface area (Å²) in [5.74, 6) is 0.574. The smallest absolute Gasteiger partial charge is 0.309 e. The average molecular weight is 401 g/mol. The van der Waals surface area contributed by atoms with Crippen LogP contribution in [0.5, 0.6) is 0 Å². The van der Waals surface area contributed by atoms with Gasteiger partial charge in [-0.1, -0.05) is 25.5 Å². The summed E-state index contributed by atoms with van der Waals surface area (Å²) < 4.78 is 11.3. The first kappa shape index (κ1) is 19.3. The lowest BCUT2D eigenvalue weighted by atomic mass is 9.46. The highest BCUT2D eigenvalue weighted by Gasteiger charge is 2.67. The molecule has 1 spiro atoms. The van der Waals surface area contributed by atoms with Gasteiger partial charge in [0.1, 0.15) is 11.4 Å². The van der Waals surface area contributed by atoms with Gasteiger partial charge in [-0.3, -0.25) is 14.4 Å². The van der Waals surface area contributed by atoms with E-state index in [0.717, 1.165) is 38.5 Å². The molecule has 0 N–H and O–H groups in total. The Morgan fingerprint density at radius 3 is 2.66 bits per heavy atom. The van der Waals surface area contributed by atoms with Crippen LogP contribution < -0.4 is 0 Å². The highest BCUT2D eigenvalue weighted by atomic mass is 16.6. The number of hydrogen-bond donors (Lipinski definition) is 0. The van der Waals surface area contributed by atoms with E-state index in [-0.39, 0.29) is 46.1 Å². The van der Waals surface area contributed by atoms with Crippen LogP contribution in [0.1, 0.15) is 71.6 Å². The number of methoxy groups -OCH3 is 1. The van der Waals surface area contributed by atoms with Crippen molar-refractivity contribution in [1.29, 1.82) is 0 Å². The first-order valence-electron chi connectivity index (χ1n) is 11.3. The standard InChI is InChI=1S/C24H32O5/c1-22-8-4-15(25)12-14(22)13-16(21(27)28-3)20-17(22)5-9-23(2)18(20)6-10-24(23)11-7-19(26)29-24/h5,14,16,18,20H,4,6-13H2,1-3H3/t14?,16-,18+,20-,22+,23+,24-/m1/s1. The quantitative estimate of drug-likeness (QED) is 0.492. The molecule has 0 bridgehead atoms. The third kappa shape index (κ3) is 2.42. The van der Waals surface area contributed by atoms with Gasteiger partial charge in [0.15, 0.2) is 0 Å². The average Bonchev–Trinajstić information content (AvgIpc) is 3.22. The summed E-state index contributed by atoms with van der Waals surface area (Å²) in [4.78, 5) is 37.2. The van der Waals surface area contributed by atoms with Crippen molar-refractivity contribution in [3.8, 4) is 0 Å². The Labute approximate surface area is 172 Å². The molecule has 0 radical (unpaired) electrons. The minimum Gasteiger partial charge on any atom is -0.469 e. The largest absolute Gasteiger partial charge is 0.469 e. The van der Waals surface area contributed by atoms with Gasteiger partial charge in [0.05, 0.1) is 13.0 Å². The van der Waals surface area contributed by atoms with Gasteiger partial charge in [0.2, 0.25) is 0 Å².